The van der Waals surface area contributed by atoms with E-state index < -0.39 is 5.54 Å². The number of carbonyl (C=O) groups is 1. The molecule has 10 nitrogen and oxygen atoms in total. The summed E-state index contributed by atoms with van der Waals surface area (Å²) < 4.78 is 21.7. The number of nitrogen functional groups attached to an aromatic ring is 1. The third kappa shape index (κ3) is 3.87. The normalized spacial score (nSPS) is 22.9. The Morgan fingerprint density at radius 3 is 3.00 bits per heavy atom. The second-order valence-electron chi connectivity index (χ2n) is 8.84. The molecule has 4 heterocycles. The highest BCUT2D eigenvalue weighted by molar-refractivity contribution is 5.88. The van der Waals surface area contributed by atoms with Crippen molar-refractivity contribution in [1.29, 1.82) is 0 Å². The number of nitrogens with two attached hydrogens (primary N) is 2. The lowest BCUT2D eigenvalue weighted by Crippen LogP contribution is -2.57. The first kappa shape index (κ1) is 21.5. The second kappa shape index (κ2) is 8.23. The molecule has 3 aromatic rings. The van der Waals surface area contributed by atoms with Crippen molar-refractivity contribution in [1.82, 2.24) is 24.8 Å². The number of carbonyl (C=O) groups excluding carboxylic acids is 1. The van der Waals surface area contributed by atoms with Crippen molar-refractivity contribution in [2.75, 3.05) is 36.9 Å². The highest BCUT2D eigenvalue weighted by Gasteiger charge is 2.42. The van der Waals surface area contributed by atoms with Gasteiger partial charge >= 0.3 is 0 Å². The van der Waals surface area contributed by atoms with Gasteiger partial charge in [-0.3, -0.25) is 4.79 Å². The van der Waals surface area contributed by atoms with Crippen LogP contribution < -0.4 is 21.7 Å². The van der Waals surface area contributed by atoms with Gasteiger partial charge in [0.25, 0.3) is 0 Å². The summed E-state index contributed by atoms with van der Waals surface area (Å²) in [6.45, 7) is 4.17. The van der Waals surface area contributed by atoms with E-state index in [1.807, 2.05) is 4.57 Å². The largest absolute Gasteiger partial charge is 0.382 e. The van der Waals surface area contributed by atoms with Crippen molar-refractivity contribution in [2.24, 2.45) is 5.73 Å². The number of rotatable bonds is 5. The minimum absolute atomic E-state index is 0.000417. The fraction of sp³-hybridized carbons (Fsp3) is 0.455. The van der Waals surface area contributed by atoms with Gasteiger partial charge in [-0.15, -0.1) is 0 Å². The van der Waals surface area contributed by atoms with E-state index in [-0.39, 0.29) is 17.8 Å². The van der Waals surface area contributed by atoms with Gasteiger partial charge in [0, 0.05) is 30.9 Å². The first-order valence-corrected chi connectivity index (χ1v) is 11.0. The molecule has 0 saturated carbocycles. The molecule has 2 aliphatic heterocycles. The predicted molar refractivity (Wildman–Crippen MR) is 121 cm³/mol. The van der Waals surface area contributed by atoms with Crippen molar-refractivity contribution in [3.05, 3.63) is 41.7 Å². The van der Waals surface area contributed by atoms with Crippen molar-refractivity contribution < 1.29 is 13.9 Å². The van der Waals surface area contributed by atoms with Crippen LogP contribution in [0.15, 0.2) is 24.8 Å². The van der Waals surface area contributed by atoms with Crippen LogP contribution in [0.5, 0.6) is 0 Å². The highest BCUT2D eigenvalue weighted by atomic mass is 19.1. The molecule has 1 aromatic carbocycles. The zero-order valence-electron chi connectivity index (χ0n) is 18.4. The smallest absolute Gasteiger partial charge is 0.242 e. The van der Waals surface area contributed by atoms with Crippen LogP contribution in [0.3, 0.4) is 0 Å². The van der Waals surface area contributed by atoms with E-state index in [4.69, 9.17) is 16.2 Å². The average molecular weight is 455 g/mol. The van der Waals surface area contributed by atoms with E-state index in [1.54, 1.807) is 19.3 Å². The quantitative estimate of drug-likeness (QED) is 0.513. The first-order valence-electron chi connectivity index (χ1n) is 11.0. The molecule has 2 fully saturated rings. The van der Waals surface area contributed by atoms with Gasteiger partial charge in [0.1, 0.15) is 23.2 Å². The molecule has 5 N–H and O–H groups in total. The summed E-state index contributed by atoms with van der Waals surface area (Å²) in [7, 11) is 0. The monoisotopic (exact) mass is 454 g/mol. The number of hydrogen-bond donors (Lipinski definition) is 3. The Labute approximate surface area is 190 Å². The Bertz CT molecular complexity index is 1210. The Morgan fingerprint density at radius 2 is 2.21 bits per heavy atom. The van der Waals surface area contributed by atoms with Gasteiger partial charge in [0.2, 0.25) is 5.91 Å². The van der Waals surface area contributed by atoms with E-state index in [0.29, 0.717) is 61.8 Å². The van der Waals surface area contributed by atoms with Gasteiger partial charge < -0.3 is 31.0 Å². The SMILES string of the molecule is Cc1c(F)ccc(N2CC[C@](N)(C(=O)NC3CCOC3)C2)c1Cn1cnc2c(N)ncnc21. The van der Waals surface area contributed by atoms with Crippen LogP contribution in [0, 0.1) is 12.7 Å². The molecule has 0 bridgehead atoms. The molecule has 2 aliphatic rings. The van der Waals surface area contributed by atoms with E-state index >= 15 is 0 Å². The van der Waals surface area contributed by atoms with Crippen molar-refractivity contribution >= 4 is 28.6 Å². The molecule has 174 valence electrons. The second-order valence-corrected chi connectivity index (χ2v) is 8.84. The van der Waals surface area contributed by atoms with Crippen molar-refractivity contribution in [2.45, 2.75) is 37.9 Å². The summed E-state index contributed by atoms with van der Waals surface area (Å²) >= 11 is 0. The van der Waals surface area contributed by atoms with Gasteiger partial charge in [-0.2, -0.15) is 0 Å². The van der Waals surface area contributed by atoms with Gasteiger partial charge in [0.05, 0.1) is 25.5 Å². The number of imidazole rings is 1. The van der Waals surface area contributed by atoms with Gasteiger partial charge in [-0.05, 0) is 37.5 Å². The van der Waals surface area contributed by atoms with Gasteiger partial charge in [0.15, 0.2) is 11.5 Å². The number of anilines is 2. The van der Waals surface area contributed by atoms with Gasteiger partial charge in [-0.25, -0.2) is 19.3 Å². The summed E-state index contributed by atoms with van der Waals surface area (Å²) in [4.78, 5) is 27.5. The van der Waals surface area contributed by atoms with Crippen LogP contribution in [0.1, 0.15) is 24.0 Å². The Kier molecular flexibility index (Phi) is 5.37. The number of fused-ring (bicyclic) bond motifs is 1. The summed E-state index contributed by atoms with van der Waals surface area (Å²) in [6.07, 6.45) is 4.30. The topological polar surface area (TPSA) is 137 Å². The number of nitrogens with one attached hydrogen (secondary N) is 1. The Balaban J connectivity index is 1.42. The fourth-order valence-electron chi connectivity index (χ4n) is 4.60. The van der Waals surface area contributed by atoms with Crippen molar-refractivity contribution in [3.63, 3.8) is 0 Å². The Hall–Kier alpha value is -3.31. The molecule has 2 saturated heterocycles. The van der Waals surface area contributed by atoms with Crippen molar-refractivity contribution in [3.8, 4) is 0 Å². The van der Waals surface area contributed by atoms with Crippen LogP contribution in [-0.2, 0) is 16.1 Å². The summed E-state index contributed by atoms with van der Waals surface area (Å²) in [6, 6.07) is 3.20. The summed E-state index contributed by atoms with van der Waals surface area (Å²) in [5.41, 5.74) is 14.6. The number of ether oxygens (including phenoxy) is 1. The molecule has 0 aliphatic carbocycles. The lowest BCUT2D eigenvalue weighted by atomic mass is 9.98. The lowest BCUT2D eigenvalue weighted by Gasteiger charge is -2.28. The van der Waals surface area contributed by atoms with Crippen LogP contribution >= 0.6 is 0 Å². The average Bonchev–Trinajstić information content (AvgIpc) is 3.54. The molecule has 1 amide bonds. The number of halogens is 1. The third-order valence-corrected chi connectivity index (χ3v) is 6.62. The molecule has 1 unspecified atom stereocenters. The lowest BCUT2D eigenvalue weighted by molar-refractivity contribution is -0.126. The van der Waals surface area contributed by atoms with Crippen LogP contribution in [0.2, 0.25) is 0 Å². The minimum atomic E-state index is -1.02. The minimum Gasteiger partial charge on any atom is -0.382 e. The summed E-state index contributed by atoms with van der Waals surface area (Å²) in [5.74, 6) is -0.181. The van der Waals surface area contributed by atoms with E-state index in [9.17, 15) is 9.18 Å². The van der Waals surface area contributed by atoms with E-state index in [1.165, 1.54) is 12.4 Å². The molecule has 11 heteroatoms. The molecule has 33 heavy (non-hydrogen) atoms. The maximum absolute atomic E-state index is 14.6. The molecular formula is C22H27FN8O2. The van der Waals surface area contributed by atoms with E-state index in [2.05, 4.69) is 25.2 Å². The molecule has 5 rings (SSSR count). The molecular weight excluding hydrogens is 427 g/mol. The predicted octanol–water partition coefficient (Wildman–Crippen LogP) is 0.717. The maximum Gasteiger partial charge on any atom is 0.242 e. The van der Waals surface area contributed by atoms with Crippen LogP contribution in [0.25, 0.3) is 11.2 Å². The maximum atomic E-state index is 14.6. The number of aromatic nitrogens is 4. The summed E-state index contributed by atoms with van der Waals surface area (Å²) in [5, 5.41) is 3.02. The zero-order chi connectivity index (χ0) is 23.2. The molecule has 0 radical (unpaired) electrons. The zero-order valence-corrected chi connectivity index (χ0v) is 18.4. The fourth-order valence-corrected chi connectivity index (χ4v) is 4.60. The van der Waals surface area contributed by atoms with Gasteiger partial charge in [-0.1, -0.05) is 0 Å². The number of nitrogens with zero attached hydrogens (tertiary/aromatic N) is 5. The Morgan fingerprint density at radius 1 is 1.36 bits per heavy atom. The molecule has 0 spiro atoms. The third-order valence-electron chi connectivity index (χ3n) is 6.62. The number of amides is 1. The number of benzene rings is 1. The standard InChI is InChI=1S/C22H27FN8O2/c1-13-15(8-31-12-28-18-19(24)26-11-27-20(18)31)17(3-2-16(13)23)30-6-5-22(25,10-30)21(32)29-14-4-7-33-9-14/h2-3,11-12,14H,4-10,25H2,1H3,(H,29,32)(H2,24,26,27)/t14?,22-/m1/s1. The van der Waals surface area contributed by atoms with E-state index in [0.717, 1.165) is 17.7 Å². The number of hydrogen-bond acceptors (Lipinski definition) is 8. The molecule has 2 atom stereocenters. The van der Waals surface area contributed by atoms with Crippen LogP contribution in [-0.4, -0.2) is 63.3 Å². The first-order chi connectivity index (χ1) is 15.9. The van der Waals surface area contributed by atoms with Crippen LogP contribution in [0.4, 0.5) is 15.9 Å². The molecule has 2 aromatic heterocycles. The highest BCUT2D eigenvalue weighted by Crippen LogP contribution is 2.32.